The minimum Gasteiger partial charge on any atom is -1.00 e. The Morgan fingerprint density at radius 3 is 2.56 bits per heavy atom. The van der Waals surface area contributed by atoms with Crippen LogP contribution in [0.3, 0.4) is 0 Å². The van der Waals surface area contributed by atoms with E-state index in [-0.39, 0.29) is 12.4 Å². The Bertz CT molecular complexity index is 167. The molecule has 1 heterocycles. The van der Waals surface area contributed by atoms with Crippen LogP contribution < -0.4 is 17.4 Å². The standard InChI is InChI=1S/C6H6ClN.ClH/c1-5-4-8-3-2-6(5)7;/h2-4H,1H3;1H. The molecule has 1 rings (SSSR count). The van der Waals surface area contributed by atoms with Crippen molar-refractivity contribution in [3.63, 3.8) is 0 Å². The molecule has 0 amide bonds. The Kier molecular flexibility index (Phi) is 3.59. The van der Waals surface area contributed by atoms with Gasteiger partial charge in [-0.1, -0.05) is 11.6 Å². The molecule has 0 saturated heterocycles. The van der Waals surface area contributed by atoms with Gasteiger partial charge in [0.15, 0.2) is 12.4 Å². The Labute approximate surface area is 65.5 Å². The maximum atomic E-state index is 5.69. The highest BCUT2D eigenvalue weighted by molar-refractivity contribution is 6.31. The van der Waals surface area contributed by atoms with Crippen molar-refractivity contribution in [2.24, 2.45) is 0 Å². The van der Waals surface area contributed by atoms with Crippen LogP contribution in [-0.2, 0) is 0 Å². The second-order valence-electron chi connectivity index (χ2n) is 1.68. The van der Waals surface area contributed by atoms with Crippen molar-refractivity contribution in [1.29, 1.82) is 0 Å². The molecular formula is C6H7Cl2N. The third-order valence-corrected chi connectivity index (χ3v) is 1.43. The number of pyridine rings is 1. The molecule has 9 heavy (non-hydrogen) atoms. The summed E-state index contributed by atoms with van der Waals surface area (Å²) >= 11 is 5.69. The highest BCUT2D eigenvalue weighted by Crippen LogP contribution is 2.08. The summed E-state index contributed by atoms with van der Waals surface area (Å²) in [6.45, 7) is 1.96. The predicted molar refractivity (Wildman–Crippen MR) is 32.7 cm³/mol. The number of rotatable bonds is 0. The smallest absolute Gasteiger partial charge is 0.171 e. The lowest BCUT2D eigenvalue weighted by Gasteiger charge is -1.85. The number of hydrogen-bond donors (Lipinski definition) is 0. The van der Waals surface area contributed by atoms with Gasteiger partial charge < -0.3 is 12.4 Å². The number of aromatic amines is 1. The van der Waals surface area contributed by atoms with Crippen molar-refractivity contribution in [1.82, 2.24) is 0 Å². The average molecular weight is 164 g/mol. The summed E-state index contributed by atoms with van der Waals surface area (Å²) in [7, 11) is 0. The first-order valence-electron chi connectivity index (χ1n) is 2.43. The van der Waals surface area contributed by atoms with E-state index in [1.165, 1.54) is 0 Å². The van der Waals surface area contributed by atoms with Gasteiger partial charge in [0.2, 0.25) is 0 Å². The molecule has 3 heteroatoms. The lowest BCUT2D eigenvalue weighted by atomic mass is 10.3. The predicted octanol–water partition coefficient (Wildman–Crippen LogP) is -1.53. The summed E-state index contributed by atoms with van der Waals surface area (Å²) in [5, 5.41) is 0.809. The van der Waals surface area contributed by atoms with Crippen LogP contribution in [0.5, 0.6) is 0 Å². The molecule has 0 spiro atoms. The van der Waals surface area contributed by atoms with Crippen LogP contribution in [0, 0.1) is 6.92 Å². The minimum atomic E-state index is 0. The molecule has 0 aliphatic rings. The molecule has 0 aliphatic carbocycles. The van der Waals surface area contributed by atoms with Crippen LogP contribution in [-0.4, -0.2) is 0 Å². The van der Waals surface area contributed by atoms with E-state index in [1.54, 1.807) is 6.20 Å². The van der Waals surface area contributed by atoms with Crippen LogP contribution >= 0.6 is 11.6 Å². The third kappa shape index (κ3) is 2.20. The zero-order valence-electron chi connectivity index (χ0n) is 4.99. The SMILES string of the molecule is Cc1c[nH+]ccc1Cl.[Cl-]. The van der Waals surface area contributed by atoms with Gasteiger partial charge in [0.25, 0.3) is 0 Å². The normalized spacial score (nSPS) is 8.22. The molecule has 0 aromatic carbocycles. The minimum absolute atomic E-state index is 0. The van der Waals surface area contributed by atoms with E-state index in [9.17, 15) is 0 Å². The van der Waals surface area contributed by atoms with Gasteiger partial charge in [0, 0.05) is 11.6 Å². The first-order chi connectivity index (χ1) is 3.80. The number of aromatic nitrogens is 1. The lowest BCUT2D eigenvalue weighted by Crippen LogP contribution is -3.00. The third-order valence-electron chi connectivity index (χ3n) is 1.00. The maximum absolute atomic E-state index is 5.69. The molecule has 0 fully saturated rings. The highest BCUT2D eigenvalue weighted by atomic mass is 35.5. The molecule has 1 N–H and O–H groups in total. The Hall–Kier alpha value is -0.270. The van der Waals surface area contributed by atoms with Gasteiger partial charge in [-0.15, -0.1) is 0 Å². The van der Waals surface area contributed by atoms with Gasteiger partial charge in [-0.3, -0.25) is 0 Å². The zero-order valence-corrected chi connectivity index (χ0v) is 6.50. The molecule has 0 radical (unpaired) electrons. The summed E-state index contributed by atoms with van der Waals surface area (Å²) in [5.41, 5.74) is 1.08. The van der Waals surface area contributed by atoms with Crippen molar-refractivity contribution in [3.05, 3.63) is 29.0 Å². The molecule has 1 aromatic rings. The van der Waals surface area contributed by atoms with Crippen LogP contribution in [0.25, 0.3) is 0 Å². The Morgan fingerprint density at radius 1 is 1.56 bits per heavy atom. The Morgan fingerprint density at radius 2 is 2.22 bits per heavy atom. The van der Waals surface area contributed by atoms with Crippen molar-refractivity contribution in [2.45, 2.75) is 6.92 Å². The molecule has 0 atom stereocenters. The van der Waals surface area contributed by atoms with Crippen LogP contribution in [0.1, 0.15) is 5.56 Å². The monoisotopic (exact) mass is 163 g/mol. The van der Waals surface area contributed by atoms with Gasteiger partial charge in [0.1, 0.15) is 0 Å². The van der Waals surface area contributed by atoms with Gasteiger partial charge in [-0.05, 0) is 6.92 Å². The fraction of sp³-hybridized carbons (Fsp3) is 0.167. The molecule has 50 valence electrons. The van der Waals surface area contributed by atoms with E-state index < -0.39 is 0 Å². The lowest BCUT2D eigenvalue weighted by molar-refractivity contribution is -0.378. The summed E-state index contributed by atoms with van der Waals surface area (Å²) < 4.78 is 0. The summed E-state index contributed by atoms with van der Waals surface area (Å²) in [4.78, 5) is 2.92. The molecule has 0 aliphatic heterocycles. The van der Waals surface area contributed by atoms with Crippen molar-refractivity contribution < 1.29 is 17.4 Å². The number of aryl methyl sites for hydroxylation is 1. The first-order valence-corrected chi connectivity index (χ1v) is 2.80. The largest absolute Gasteiger partial charge is 1.00 e. The number of hydrogen-bond acceptors (Lipinski definition) is 0. The van der Waals surface area contributed by atoms with Crippen molar-refractivity contribution in [3.8, 4) is 0 Å². The maximum Gasteiger partial charge on any atom is 0.171 e. The second-order valence-corrected chi connectivity index (χ2v) is 2.08. The highest BCUT2D eigenvalue weighted by Gasteiger charge is 1.92. The quantitative estimate of drug-likeness (QED) is 0.441. The molecular weight excluding hydrogens is 157 g/mol. The summed E-state index contributed by atoms with van der Waals surface area (Å²) in [6, 6.07) is 1.83. The molecule has 1 aromatic heterocycles. The first kappa shape index (κ1) is 8.73. The molecule has 0 bridgehead atoms. The molecule has 0 unspecified atom stereocenters. The van der Waals surface area contributed by atoms with E-state index in [0.717, 1.165) is 10.6 Å². The number of halogens is 2. The number of nitrogens with one attached hydrogen (secondary N) is 1. The van der Waals surface area contributed by atoms with Gasteiger partial charge in [0.05, 0.1) is 5.02 Å². The van der Waals surface area contributed by atoms with E-state index in [4.69, 9.17) is 11.6 Å². The van der Waals surface area contributed by atoms with Crippen molar-refractivity contribution >= 4 is 11.6 Å². The average Bonchev–Trinajstić information content (AvgIpc) is 1.77. The van der Waals surface area contributed by atoms with E-state index in [0.29, 0.717) is 0 Å². The van der Waals surface area contributed by atoms with Crippen LogP contribution in [0.15, 0.2) is 18.5 Å². The van der Waals surface area contributed by atoms with Gasteiger partial charge in [-0.2, -0.15) is 0 Å². The summed E-state index contributed by atoms with van der Waals surface area (Å²) in [6.07, 6.45) is 3.66. The second kappa shape index (κ2) is 3.70. The fourth-order valence-corrected chi connectivity index (χ4v) is 0.612. The van der Waals surface area contributed by atoms with Crippen LogP contribution in [0.2, 0.25) is 5.02 Å². The van der Waals surface area contributed by atoms with E-state index in [1.807, 2.05) is 19.2 Å². The van der Waals surface area contributed by atoms with Gasteiger partial charge in [-0.25, -0.2) is 4.98 Å². The van der Waals surface area contributed by atoms with Gasteiger partial charge >= 0.3 is 0 Å². The fourth-order valence-electron chi connectivity index (χ4n) is 0.495. The van der Waals surface area contributed by atoms with Crippen molar-refractivity contribution in [2.75, 3.05) is 0 Å². The summed E-state index contributed by atoms with van der Waals surface area (Å²) in [5.74, 6) is 0. The molecule has 1 nitrogen and oxygen atoms in total. The topological polar surface area (TPSA) is 14.1 Å². The number of H-pyrrole nitrogens is 1. The van der Waals surface area contributed by atoms with Crippen LogP contribution in [0.4, 0.5) is 0 Å². The van der Waals surface area contributed by atoms with E-state index >= 15 is 0 Å². The molecule has 0 saturated carbocycles. The Balaban J connectivity index is 0.000000640. The zero-order chi connectivity index (χ0) is 5.98. The van der Waals surface area contributed by atoms with E-state index in [2.05, 4.69) is 4.98 Å².